The first kappa shape index (κ1) is 19.2. The third kappa shape index (κ3) is 3.39. The lowest BCUT2D eigenvalue weighted by atomic mass is 10.0. The Bertz CT molecular complexity index is 1130. The Hall–Kier alpha value is -3.14. The monoisotopic (exact) mass is 384 g/mol. The summed E-state index contributed by atoms with van der Waals surface area (Å²) in [4.78, 5) is 11.7. The van der Waals surface area contributed by atoms with E-state index in [1.54, 1.807) is 0 Å². The Kier molecular flexibility index (Phi) is 4.87. The number of hydrogen-bond acceptors (Lipinski definition) is 3. The summed E-state index contributed by atoms with van der Waals surface area (Å²) in [7, 11) is 2.03. The van der Waals surface area contributed by atoms with Gasteiger partial charge in [0.1, 0.15) is 5.82 Å². The molecule has 4 nitrogen and oxygen atoms in total. The minimum atomic E-state index is 0.0589. The molecule has 2 aromatic heterocycles. The smallest absolute Gasteiger partial charge is 0.143 e. The van der Waals surface area contributed by atoms with E-state index in [4.69, 9.17) is 4.98 Å². The molecule has 1 aromatic carbocycles. The summed E-state index contributed by atoms with van der Waals surface area (Å²) in [6.07, 6.45) is 6.14. The van der Waals surface area contributed by atoms with Gasteiger partial charge in [-0.1, -0.05) is 32.6 Å². The van der Waals surface area contributed by atoms with Crippen LogP contribution in [0.2, 0.25) is 0 Å². The number of pyridine rings is 1. The molecule has 0 aliphatic carbocycles. The fourth-order valence-electron chi connectivity index (χ4n) is 3.86. The molecule has 0 saturated heterocycles. The molecule has 4 rings (SSSR count). The summed E-state index contributed by atoms with van der Waals surface area (Å²) in [5.41, 5.74) is 7.73. The number of hydrogen-bond donors (Lipinski definition) is 0. The first-order chi connectivity index (χ1) is 13.9. The molecule has 1 aliphatic heterocycles. The molecule has 148 valence electrons. The topological polar surface area (TPSA) is 34.0 Å². The largest absolute Gasteiger partial charge is 0.351 e. The van der Waals surface area contributed by atoms with Crippen molar-refractivity contribution in [2.45, 2.75) is 39.7 Å². The van der Waals surface area contributed by atoms with Crippen molar-refractivity contribution < 1.29 is 0 Å². The van der Waals surface area contributed by atoms with Gasteiger partial charge >= 0.3 is 0 Å². The normalized spacial score (nSPS) is 15.7. The Labute approximate surface area is 172 Å². The van der Waals surface area contributed by atoms with Crippen LogP contribution in [0, 0.1) is 0 Å². The van der Waals surface area contributed by atoms with Crippen molar-refractivity contribution in [2.75, 3.05) is 7.05 Å². The molecule has 0 radical (unpaired) electrons. The summed E-state index contributed by atoms with van der Waals surface area (Å²) in [6, 6.07) is 12.7. The maximum absolute atomic E-state index is 5.04. The molecule has 0 N–H and O–H groups in total. The second kappa shape index (κ2) is 7.36. The van der Waals surface area contributed by atoms with E-state index in [9.17, 15) is 0 Å². The minimum absolute atomic E-state index is 0.0589. The van der Waals surface area contributed by atoms with Crippen molar-refractivity contribution in [1.29, 1.82) is 0 Å². The molecule has 0 unspecified atom stereocenters. The number of imidazole rings is 1. The molecule has 0 bridgehead atoms. The third-order valence-corrected chi connectivity index (χ3v) is 5.73. The first-order valence-electron chi connectivity index (χ1n) is 10.1. The van der Waals surface area contributed by atoms with Crippen molar-refractivity contribution in [1.82, 2.24) is 19.4 Å². The van der Waals surface area contributed by atoms with Crippen molar-refractivity contribution >= 4 is 16.6 Å². The van der Waals surface area contributed by atoms with Crippen molar-refractivity contribution in [3.8, 4) is 0 Å². The predicted molar refractivity (Wildman–Crippen MR) is 121 cm³/mol. The van der Waals surface area contributed by atoms with Gasteiger partial charge in [-0.25, -0.2) is 4.98 Å². The van der Waals surface area contributed by atoms with Crippen LogP contribution in [-0.2, 0) is 0 Å². The standard InChI is InChI=1S/C25H28N4/c1-16(2)20-10-11-23-24(14-20)29(19(5)22-9-7-8-12-26-22)25(27-23)21-13-17(3)18(4)28(6)15-21/h7-16,19H,4H2,1-3,5-6H3/t19-/m0/s1. The molecule has 0 fully saturated rings. The average Bonchev–Trinajstić information content (AvgIpc) is 3.10. The zero-order chi connectivity index (χ0) is 20.7. The van der Waals surface area contributed by atoms with Gasteiger partial charge in [-0.05, 0) is 61.2 Å². The summed E-state index contributed by atoms with van der Waals surface area (Å²) >= 11 is 0. The van der Waals surface area contributed by atoms with Crippen LogP contribution in [0.3, 0.4) is 0 Å². The molecule has 1 aliphatic rings. The second-order valence-electron chi connectivity index (χ2n) is 8.11. The van der Waals surface area contributed by atoms with Gasteiger partial charge in [0, 0.05) is 30.7 Å². The van der Waals surface area contributed by atoms with E-state index in [2.05, 4.69) is 85.3 Å². The van der Waals surface area contributed by atoms with Crippen LogP contribution in [0.15, 0.2) is 72.7 Å². The summed E-state index contributed by atoms with van der Waals surface area (Å²) in [5.74, 6) is 1.42. The number of allylic oxidation sites excluding steroid dienone is 3. The van der Waals surface area contributed by atoms with Crippen molar-refractivity contribution in [2.24, 2.45) is 0 Å². The number of rotatable bonds is 4. The van der Waals surface area contributed by atoms with E-state index in [-0.39, 0.29) is 6.04 Å². The molecular weight excluding hydrogens is 356 g/mol. The molecule has 0 spiro atoms. The van der Waals surface area contributed by atoms with Crippen molar-refractivity contribution in [3.05, 3.63) is 89.8 Å². The van der Waals surface area contributed by atoms with E-state index < -0.39 is 0 Å². The van der Waals surface area contributed by atoms with Gasteiger partial charge in [-0.3, -0.25) is 4.98 Å². The Morgan fingerprint density at radius 1 is 1.07 bits per heavy atom. The molecule has 1 atom stereocenters. The summed E-state index contributed by atoms with van der Waals surface area (Å²) in [6.45, 7) is 12.9. The van der Waals surface area contributed by atoms with Gasteiger partial charge in [0.2, 0.25) is 0 Å². The van der Waals surface area contributed by atoms with E-state index in [1.165, 1.54) is 5.56 Å². The van der Waals surface area contributed by atoms with Gasteiger partial charge in [-0.2, -0.15) is 0 Å². The number of aromatic nitrogens is 3. The average molecular weight is 385 g/mol. The number of benzene rings is 1. The molecule has 0 amide bonds. The number of fused-ring (bicyclic) bond motifs is 1. The van der Waals surface area contributed by atoms with Crippen LogP contribution in [-0.4, -0.2) is 26.5 Å². The van der Waals surface area contributed by atoms with Gasteiger partial charge in [-0.15, -0.1) is 0 Å². The minimum Gasteiger partial charge on any atom is -0.351 e. The highest BCUT2D eigenvalue weighted by atomic mass is 15.1. The van der Waals surface area contributed by atoms with E-state index >= 15 is 0 Å². The van der Waals surface area contributed by atoms with E-state index in [1.807, 2.05) is 25.4 Å². The lowest BCUT2D eigenvalue weighted by Gasteiger charge is -2.25. The fraction of sp³-hybridized carbons (Fsp3) is 0.280. The number of nitrogens with zero attached hydrogens (tertiary/aromatic N) is 4. The lowest BCUT2D eigenvalue weighted by Crippen LogP contribution is -2.17. The Morgan fingerprint density at radius 3 is 2.52 bits per heavy atom. The van der Waals surface area contributed by atoms with Crippen molar-refractivity contribution in [3.63, 3.8) is 0 Å². The van der Waals surface area contributed by atoms with Crippen LogP contribution in [0.5, 0.6) is 0 Å². The van der Waals surface area contributed by atoms with E-state index in [0.717, 1.165) is 39.4 Å². The van der Waals surface area contributed by atoms with Crippen LogP contribution < -0.4 is 0 Å². The van der Waals surface area contributed by atoms with Crippen LogP contribution in [0.25, 0.3) is 16.6 Å². The molecule has 29 heavy (non-hydrogen) atoms. The van der Waals surface area contributed by atoms with Crippen LogP contribution >= 0.6 is 0 Å². The van der Waals surface area contributed by atoms with Crippen LogP contribution in [0.4, 0.5) is 0 Å². The van der Waals surface area contributed by atoms with Gasteiger partial charge in [0.15, 0.2) is 0 Å². The van der Waals surface area contributed by atoms with Gasteiger partial charge in [0.25, 0.3) is 0 Å². The third-order valence-electron chi connectivity index (χ3n) is 5.73. The quantitative estimate of drug-likeness (QED) is 0.561. The predicted octanol–water partition coefficient (Wildman–Crippen LogP) is 5.91. The summed E-state index contributed by atoms with van der Waals surface area (Å²) < 4.78 is 2.32. The highest BCUT2D eigenvalue weighted by Crippen LogP contribution is 2.34. The maximum atomic E-state index is 5.04. The number of likely N-dealkylation sites (N-methyl/N-ethyl adjacent to an activating group) is 1. The Balaban J connectivity index is 1.97. The van der Waals surface area contributed by atoms with Crippen LogP contribution in [0.1, 0.15) is 56.7 Å². The molecular formula is C25H28N4. The zero-order valence-electron chi connectivity index (χ0n) is 17.8. The second-order valence-corrected chi connectivity index (χ2v) is 8.11. The maximum Gasteiger partial charge on any atom is 0.143 e. The lowest BCUT2D eigenvalue weighted by molar-refractivity contribution is 0.575. The molecule has 4 heteroatoms. The highest BCUT2D eigenvalue weighted by molar-refractivity contribution is 5.84. The Morgan fingerprint density at radius 2 is 1.86 bits per heavy atom. The fourth-order valence-corrected chi connectivity index (χ4v) is 3.86. The first-order valence-corrected chi connectivity index (χ1v) is 10.1. The molecule has 3 aromatic rings. The highest BCUT2D eigenvalue weighted by Gasteiger charge is 2.23. The summed E-state index contributed by atoms with van der Waals surface area (Å²) in [5, 5.41) is 0. The molecule has 3 heterocycles. The zero-order valence-corrected chi connectivity index (χ0v) is 17.8. The SMILES string of the molecule is C=C1C(C)=CC(c2nc3ccc(C(C)C)cc3n2[C@@H](C)c2ccccn2)=CN1C. The molecule has 0 saturated carbocycles. The van der Waals surface area contributed by atoms with E-state index in [0.29, 0.717) is 5.92 Å². The van der Waals surface area contributed by atoms with Gasteiger partial charge in [0.05, 0.1) is 22.8 Å². The van der Waals surface area contributed by atoms with Gasteiger partial charge < -0.3 is 9.47 Å².